The van der Waals surface area contributed by atoms with Crippen molar-refractivity contribution in [3.8, 4) is 5.75 Å². The molecule has 6 nitrogen and oxygen atoms in total. The number of benzene rings is 1. The van der Waals surface area contributed by atoms with Gasteiger partial charge in [0, 0.05) is 6.04 Å². The van der Waals surface area contributed by atoms with E-state index in [1.54, 1.807) is 38.3 Å². The number of ether oxygens (including phenoxy) is 1. The minimum absolute atomic E-state index is 0.201. The number of hydrogen-bond donors (Lipinski definition) is 2. The summed E-state index contributed by atoms with van der Waals surface area (Å²) >= 11 is 0. The van der Waals surface area contributed by atoms with Gasteiger partial charge in [-0.25, -0.2) is 13.1 Å². The maximum atomic E-state index is 12.2. The summed E-state index contributed by atoms with van der Waals surface area (Å²) in [6.07, 6.45) is 0. The van der Waals surface area contributed by atoms with Gasteiger partial charge in [-0.3, -0.25) is 0 Å². The minimum atomic E-state index is -3.77. The number of sulfonamides is 1. The Labute approximate surface area is 123 Å². The zero-order chi connectivity index (χ0) is 15.5. The Bertz CT molecular complexity index is 690. The highest BCUT2D eigenvalue weighted by Gasteiger charge is 2.22. The molecule has 0 spiro atoms. The van der Waals surface area contributed by atoms with Crippen LogP contribution in [0.25, 0.3) is 0 Å². The van der Waals surface area contributed by atoms with Crippen LogP contribution in [0.3, 0.4) is 0 Å². The molecule has 1 aromatic carbocycles. The van der Waals surface area contributed by atoms with Gasteiger partial charge in [0.1, 0.15) is 18.1 Å². The third-order valence-electron chi connectivity index (χ3n) is 3.01. The van der Waals surface area contributed by atoms with E-state index in [1.165, 1.54) is 12.1 Å². The molecule has 0 bridgehead atoms. The van der Waals surface area contributed by atoms with Gasteiger partial charge in [-0.15, -0.1) is 0 Å². The van der Waals surface area contributed by atoms with Crippen molar-refractivity contribution in [3.63, 3.8) is 0 Å². The van der Waals surface area contributed by atoms with Crippen LogP contribution < -0.4 is 9.46 Å². The van der Waals surface area contributed by atoms with E-state index >= 15 is 0 Å². The molecular weight excluding hydrogens is 294 g/mol. The molecule has 0 saturated heterocycles. The number of aliphatic hydroxyl groups is 1. The molecule has 0 amide bonds. The average Bonchev–Trinajstić information content (AvgIpc) is 2.96. The van der Waals surface area contributed by atoms with Crippen LogP contribution >= 0.6 is 0 Å². The molecule has 1 heterocycles. The molecule has 0 fully saturated rings. The first kappa shape index (κ1) is 15.6. The predicted molar refractivity (Wildman–Crippen MR) is 76.4 cm³/mol. The topological polar surface area (TPSA) is 88.8 Å². The highest BCUT2D eigenvalue weighted by Crippen LogP contribution is 2.21. The van der Waals surface area contributed by atoms with E-state index in [4.69, 9.17) is 14.3 Å². The SMILES string of the molecule is COc1ccc(C(C)NS(=O)(=O)c2ccc(CO)o2)cc1. The van der Waals surface area contributed by atoms with Crippen molar-refractivity contribution in [2.75, 3.05) is 7.11 Å². The highest BCUT2D eigenvalue weighted by atomic mass is 32.2. The molecule has 2 aromatic rings. The van der Waals surface area contributed by atoms with Gasteiger partial charge in [-0.2, -0.15) is 0 Å². The van der Waals surface area contributed by atoms with Crippen LogP contribution in [0.15, 0.2) is 45.9 Å². The van der Waals surface area contributed by atoms with Crippen LogP contribution in [0.5, 0.6) is 5.75 Å². The normalized spacial score (nSPS) is 13.1. The second kappa shape index (κ2) is 6.30. The first-order valence-electron chi connectivity index (χ1n) is 6.32. The van der Waals surface area contributed by atoms with Crippen LogP contribution in [0.1, 0.15) is 24.3 Å². The van der Waals surface area contributed by atoms with Crippen molar-refractivity contribution < 1.29 is 22.7 Å². The zero-order valence-electron chi connectivity index (χ0n) is 11.7. The van der Waals surface area contributed by atoms with Gasteiger partial charge in [-0.05, 0) is 36.8 Å². The van der Waals surface area contributed by atoms with Gasteiger partial charge in [0.15, 0.2) is 0 Å². The van der Waals surface area contributed by atoms with Crippen LogP contribution in [0, 0.1) is 0 Å². The van der Waals surface area contributed by atoms with E-state index in [9.17, 15) is 8.42 Å². The molecule has 0 aliphatic heterocycles. The van der Waals surface area contributed by atoms with Crippen LogP contribution in [0.4, 0.5) is 0 Å². The van der Waals surface area contributed by atoms with E-state index in [2.05, 4.69) is 4.72 Å². The molecule has 0 aliphatic rings. The quantitative estimate of drug-likeness (QED) is 0.849. The van der Waals surface area contributed by atoms with Crippen molar-refractivity contribution in [1.82, 2.24) is 4.72 Å². The van der Waals surface area contributed by atoms with Gasteiger partial charge < -0.3 is 14.3 Å². The minimum Gasteiger partial charge on any atom is -0.497 e. The summed E-state index contributed by atoms with van der Waals surface area (Å²) < 4.78 is 36.9. The largest absolute Gasteiger partial charge is 0.497 e. The Hall–Kier alpha value is -1.83. The molecule has 21 heavy (non-hydrogen) atoms. The Morgan fingerprint density at radius 1 is 1.24 bits per heavy atom. The van der Waals surface area contributed by atoms with Crippen molar-refractivity contribution in [2.24, 2.45) is 0 Å². The van der Waals surface area contributed by atoms with Crippen LogP contribution in [0.2, 0.25) is 0 Å². The maximum absolute atomic E-state index is 12.2. The van der Waals surface area contributed by atoms with Crippen molar-refractivity contribution in [2.45, 2.75) is 24.7 Å². The molecule has 1 unspecified atom stereocenters. The lowest BCUT2D eigenvalue weighted by Gasteiger charge is -2.13. The van der Waals surface area contributed by atoms with Gasteiger partial charge in [0.05, 0.1) is 7.11 Å². The monoisotopic (exact) mass is 311 g/mol. The van der Waals surface area contributed by atoms with E-state index in [0.717, 1.165) is 5.56 Å². The lowest BCUT2D eigenvalue weighted by molar-refractivity contribution is 0.236. The van der Waals surface area contributed by atoms with E-state index in [-0.39, 0.29) is 17.5 Å². The molecule has 2 rings (SSSR count). The summed E-state index contributed by atoms with van der Waals surface area (Å²) in [6.45, 7) is 1.39. The number of rotatable bonds is 6. The molecule has 0 saturated carbocycles. The second-order valence-electron chi connectivity index (χ2n) is 4.49. The summed E-state index contributed by atoms with van der Waals surface area (Å²) in [6, 6.07) is 9.40. The molecule has 114 valence electrons. The van der Waals surface area contributed by atoms with Gasteiger partial charge in [0.2, 0.25) is 5.09 Å². The molecule has 7 heteroatoms. The predicted octanol–water partition coefficient (Wildman–Crippen LogP) is 1.82. The summed E-state index contributed by atoms with van der Waals surface area (Å²) in [7, 11) is -2.21. The first-order valence-corrected chi connectivity index (χ1v) is 7.80. The standard InChI is InChI=1S/C14H17NO5S/c1-10(11-3-5-12(19-2)6-4-11)15-21(17,18)14-8-7-13(9-16)20-14/h3-8,10,15-16H,9H2,1-2H3. The number of furan rings is 1. The molecule has 1 atom stereocenters. The van der Waals surface area contributed by atoms with Crippen molar-refractivity contribution in [3.05, 3.63) is 47.7 Å². The molecule has 2 N–H and O–H groups in total. The zero-order valence-corrected chi connectivity index (χ0v) is 12.6. The highest BCUT2D eigenvalue weighted by molar-refractivity contribution is 7.89. The fourth-order valence-electron chi connectivity index (χ4n) is 1.84. The molecule has 0 aliphatic carbocycles. The van der Waals surface area contributed by atoms with Gasteiger partial charge in [-0.1, -0.05) is 12.1 Å². The van der Waals surface area contributed by atoms with E-state index in [0.29, 0.717) is 5.75 Å². The number of hydrogen-bond acceptors (Lipinski definition) is 5. The third kappa shape index (κ3) is 3.63. The average molecular weight is 311 g/mol. The van der Waals surface area contributed by atoms with Crippen LogP contribution in [-0.2, 0) is 16.6 Å². The van der Waals surface area contributed by atoms with Crippen molar-refractivity contribution >= 4 is 10.0 Å². The lowest BCUT2D eigenvalue weighted by Crippen LogP contribution is -2.26. The Morgan fingerprint density at radius 3 is 2.43 bits per heavy atom. The number of methoxy groups -OCH3 is 1. The van der Waals surface area contributed by atoms with Gasteiger partial charge >= 0.3 is 0 Å². The van der Waals surface area contributed by atoms with E-state index in [1.807, 2.05) is 0 Å². The lowest BCUT2D eigenvalue weighted by atomic mass is 10.1. The fourth-order valence-corrected chi connectivity index (χ4v) is 3.02. The fraction of sp³-hybridized carbons (Fsp3) is 0.286. The summed E-state index contributed by atoms with van der Waals surface area (Å²) in [5.74, 6) is 0.903. The first-order chi connectivity index (χ1) is 9.96. The van der Waals surface area contributed by atoms with E-state index < -0.39 is 16.1 Å². The molecule has 0 radical (unpaired) electrons. The summed E-state index contributed by atoms with van der Waals surface area (Å²) in [5.41, 5.74) is 0.799. The summed E-state index contributed by atoms with van der Waals surface area (Å²) in [4.78, 5) is 0. The molecule has 1 aromatic heterocycles. The Kier molecular flexibility index (Phi) is 4.66. The number of aliphatic hydroxyl groups excluding tert-OH is 1. The van der Waals surface area contributed by atoms with Crippen LogP contribution in [-0.4, -0.2) is 20.6 Å². The summed E-state index contributed by atoms with van der Waals surface area (Å²) in [5, 5.41) is 8.69. The molecular formula is C14H17NO5S. The third-order valence-corrected chi connectivity index (χ3v) is 4.42. The second-order valence-corrected chi connectivity index (χ2v) is 6.14. The number of nitrogens with one attached hydrogen (secondary N) is 1. The Morgan fingerprint density at radius 2 is 1.90 bits per heavy atom. The maximum Gasteiger partial charge on any atom is 0.274 e. The Balaban J connectivity index is 2.14. The van der Waals surface area contributed by atoms with Crippen molar-refractivity contribution in [1.29, 1.82) is 0 Å². The smallest absolute Gasteiger partial charge is 0.274 e. The van der Waals surface area contributed by atoms with Gasteiger partial charge in [0.25, 0.3) is 10.0 Å².